The second-order valence-corrected chi connectivity index (χ2v) is 4.50. The second kappa shape index (κ2) is 6.74. The summed E-state index contributed by atoms with van der Waals surface area (Å²) in [5.74, 6) is 0. The highest BCUT2D eigenvalue weighted by atomic mass is 16.5. The molecule has 0 heterocycles. The van der Waals surface area contributed by atoms with Gasteiger partial charge in [0.2, 0.25) is 0 Å². The first-order chi connectivity index (χ1) is 8.14. The Bertz CT molecular complexity index is 313. The Balaban J connectivity index is 2.91. The number of nitrogens with one attached hydrogen (secondary N) is 1. The van der Waals surface area contributed by atoms with E-state index in [0.717, 1.165) is 12.1 Å². The van der Waals surface area contributed by atoms with Crippen LogP contribution in [0.4, 0.5) is 0 Å². The van der Waals surface area contributed by atoms with Crippen LogP contribution in [0.25, 0.3) is 0 Å². The molecule has 0 aliphatic carbocycles. The van der Waals surface area contributed by atoms with Gasteiger partial charge in [0.1, 0.15) is 0 Å². The normalized spacial score (nSPS) is 14.9. The van der Waals surface area contributed by atoms with E-state index in [2.05, 4.69) is 5.32 Å². The predicted octanol–water partition coefficient (Wildman–Crippen LogP) is 1.91. The third kappa shape index (κ3) is 3.80. The van der Waals surface area contributed by atoms with E-state index in [1.807, 2.05) is 51.1 Å². The first kappa shape index (κ1) is 14.2. The molecule has 0 fully saturated rings. The maximum atomic E-state index is 9.73. The molecule has 1 unspecified atom stereocenters. The number of rotatable bonds is 7. The van der Waals surface area contributed by atoms with Crippen molar-refractivity contribution in [3.8, 4) is 0 Å². The van der Waals surface area contributed by atoms with Crippen LogP contribution in [-0.2, 0) is 10.3 Å². The molecule has 3 heteroatoms. The summed E-state index contributed by atoms with van der Waals surface area (Å²) < 4.78 is 5.68. The molecule has 0 saturated heterocycles. The van der Waals surface area contributed by atoms with Gasteiger partial charge in [-0.2, -0.15) is 0 Å². The lowest BCUT2D eigenvalue weighted by Crippen LogP contribution is -2.49. The Labute approximate surface area is 104 Å². The van der Waals surface area contributed by atoms with Gasteiger partial charge in [-0.3, -0.25) is 0 Å². The van der Waals surface area contributed by atoms with E-state index >= 15 is 0 Å². The summed E-state index contributed by atoms with van der Waals surface area (Å²) in [6.45, 7) is 7.31. The maximum Gasteiger partial charge on any atom is 0.0906 e. The van der Waals surface area contributed by atoms with Crippen LogP contribution < -0.4 is 5.32 Å². The summed E-state index contributed by atoms with van der Waals surface area (Å²) in [6.07, 6.45) is 0.156. The van der Waals surface area contributed by atoms with Gasteiger partial charge in [0.05, 0.1) is 24.9 Å². The average molecular weight is 237 g/mol. The minimum Gasteiger partial charge on any atom is -0.394 e. The first-order valence-corrected chi connectivity index (χ1v) is 6.17. The van der Waals surface area contributed by atoms with Gasteiger partial charge in [-0.25, -0.2) is 0 Å². The molecule has 1 rings (SSSR count). The Morgan fingerprint density at radius 1 is 1.29 bits per heavy atom. The van der Waals surface area contributed by atoms with Gasteiger partial charge < -0.3 is 15.2 Å². The molecular weight excluding hydrogens is 214 g/mol. The van der Waals surface area contributed by atoms with Crippen LogP contribution in [0.5, 0.6) is 0 Å². The van der Waals surface area contributed by atoms with Crippen molar-refractivity contribution in [3.05, 3.63) is 35.9 Å². The molecule has 96 valence electrons. The fourth-order valence-corrected chi connectivity index (χ4v) is 1.83. The molecule has 0 amide bonds. The number of ether oxygens (including phenoxy) is 1. The van der Waals surface area contributed by atoms with Crippen molar-refractivity contribution in [2.45, 2.75) is 32.4 Å². The molecule has 0 spiro atoms. The number of likely N-dealkylation sites (N-methyl/N-ethyl adjacent to an activating group) is 1. The lowest BCUT2D eigenvalue weighted by atomic mass is 9.91. The van der Waals surface area contributed by atoms with Crippen LogP contribution in [0.15, 0.2) is 30.3 Å². The Morgan fingerprint density at radius 2 is 1.94 bits per heavy atom. The highest BCUT2D eigenvalue weighted by Crippen LogP contribution is 2.21. The molecule has 1 aromatic carbocycles. The maximum absolute atomic E-state index is 9.73. The van der Waals surface area contributed by atoms with Crippen LogP contribution >= 0.6 is 0 Å². The van der Waals surface area contributed by atoms with Gasteiger partial charge in [0, 0.05) is 0 Å². The Morgan fingerprint density at radius 3 is 2.41 bits per heavy atom. The van der Waals surface area contributed by atoms with E-state index in [4.69, 9.17) is 4.74 Å². The van der Waals surface area contributed by atoms with Gasteiger partial charge in [0.25, 0.3) is 0 Å². The second-order valence-electron chi connectivity index (χ2n) is 4.50. The molecule has 0 aliphatic heterocycles. The van der Waals surface area contributed by atoms with E-state index in [1.165, 1.54) is 0 Å². The van der Waals surface area contributed by atoms with E-state index in [-0.39, 0.29) is 12.7 Å². The summed E-state index contributed by atoms with van der Waals surface area (Å²) in [5.41, 5.74) is 0.560. The van der Waals surface area contributed by atoms with Gasteiger partial charge in [-0.15, -0.1) is 0 Å². The van der Waals surface area contributed by atoms with Gasteiger partial charge in [-0.1, -0.05) is 37.3 Å². The van der Waals surface area contributed by atoms with E-state index in [9.17, 15) is 5.11 Å². The molecule has 0 bridgehead atoms. The summed E-state index contributed by atoms with van der Waals surface area (Å²) in [4.78, 5) is 0. The molecule has 2 N–H and O–H groups in total. The topological polar surface area (TPSA) is 41.5 Å². The number of hydrogen-bond donors (Lipinski definition) is 2. The van der Waals surface area contributed by atoms with E-state index in [0.29, 0.717) is 6.61 Å². The SMILES string of the molecule is CCNC(CO)(COC(C)C)c1ccccc1. The monoisotopic (exact) mass is 237 g/mol. The zero-order valence-electron chi connectivity index (χ0n) is 10.9. The van der Waals surface area contributed by atoms with Crippen LogP contribution in [0.2, 0.25) is 0 Å². The molecule has 0 aromatic heterocycles. The van der Waals surface area contributed by atoms with Crippen LogP contribution in [0.3, 0.4) is 0 Å². The molecule has 3 nitrogen and oxygen atoms in total. The molecule has 17 heavy (non-hydrogen) atoms. The van der Waals surface area contributed by atoms with Crippen molar-refractivity contribution in [1.29, 1.82) is 0 Å². The van der Waals surface area contributed by atoms with Crippen molar-refractivity contribution in [1.82, 2.24) is 5.32 Å². The highest BCUT2D eigenvalue weighted by molar-refractivity contribution is 5.25. The zero-order valence-corrected chi connectivity index (χ0v) is 10.9. The zero-order chi connectivity index (χ0) is 12.7. The lowest BCUT2D eigenvalue weighted by Gasteiger charge is -2.34. The number of benzene rings is 1. The van der Waals surface area contributed by atoms with Gasteiger partial charge in [0.15, 0.2) is 0 Å². The molecule has 1 aromatic rings. The molecule has 0 saturated carbocycles. The molecule has 0 aliphatic rings. The van der Waals surface area contributed by atoms with Crippen molar-refractivity contribution in [2.24, 2.45) is 0 Å². The minimum absolute atomic E-state index is 0.0254. The average Bonchev–Trinajstić information content (AvgIpc) is 2.35. The lowest BCUT2D eigenvalue weighted by molar-refractivity contribution is 0.00357. The first-order valence-electron chi connectivity index (χ1n) is 6.17. The predicted molar refractivity (Wildman–Crippen MR) is 70.0 cm³/mol. The highest BCUT2D eigenvalue weighted by Gasteiger charge is 2.31. The summed E-state index contributed by atoms with van der Waals surface area (Å²) >= 11 is 0. The quantitative estimate of drug-likeness (QED) is 0.761. The third-order valence-corrected chi connectivity index (χ3v) is 2.77. The third-order valence-electron chi connectivity index (χ3n) is 2.77. The van der Waals surface area contributed by atoms with Crippen molar-refractivity contribution in [3.63, 3.8) is 0 Å². The summed E-state index contributed by atoms with van der Waals surface area (Å²) in [7, 11) is 0. The van der Waals surface area contributed by atoms with Gasteiger partial charge in [-0.05, 0) is 26.0 Å². The molecule has 1 atom stereocenters. The van der Waals surface area contributed by atoms with Gasteiger partial charge >= 0.3 is 0 Å². The Hall–Kier alpha value is -0.900. The summed E-state index contributed by atoms with van der Waals surface area (Å²) in [6, 6.07) is 9.96. The number of aliphatic hydroxyl groups is 1. The largest absolute Gasteiger partial charge is 0.394 e. The molecule has 0 radical (unpaired) electrons. The van der Waals surface area contributed by atoms with Crippen LogP contribution in [0.1, 0.15) is 26.3 Å². The Kier molecular flexibility index (Phi) is 5.62. The van der Waals surface area contributed by atoms with Crippen molar-refractivity contribution in [2.75, 3.05) is 19.8 Å². The van der Waals surface area contributed by atoms with Crippen LogP contribution in [0, 0.1) is 0 Å². The number of hydrogen-bond acceptors (Lipinski definition) is 3. The van der Waals surface area contributed by atoms with Crippen molar-refractivity contribution >= 4 is 0 Å². The minimum atomic E-state index is -0.500. The van der Waals surface area contributed by atoms with E-state index < -0.39 is 5.54 Å². The fourth-order valence-electron chi connectivity index (χ4n) is 1.83. The molecular formula is C14H23NO2. The number of aliphatic hydroxyl groups excluding tert-OH is 1. The standard InChI is InChI=1S/C14H23NO2/c1-4-15-14(10-16,11-17-12(2)3)13-8-6-5-7-9-13/h5-9,12,15-16H,4,10-11H2,1-3H3. The van der Waals surface area contributed by atoms with Crippen molar-refractivity contribution < 1.29 is 9.84 Å². The smallest absolute Gasteiger partial charge is 0.0906 e. The van der Waals surface area contributed by atoms with Crippen LogP contribution in [-0.4, -0.2) is 31.0 Å². The van der Waals surface area contributed by atoms with E-state index in [1.54, 1.807) is 0 Å². The summed E-state index contributed by atoms with van der Waals surface area (Å²) in [5, 5.41) is 13.1. The fraction of sp³-hybridized carbons (Fsp3) is 0.571.